The third-order valence-electron chi connectivity index (χ3n) is 7.68. The molecule has 2 unspecified atom stereocenters. The number of halogens is 1. The summed E-state index contributed by atoms with van der Waals surface area (Å²) in [5.41, 5.74) is 0.826. The monoisotopic (exact) mass is 536 g/mol. The Morgan fingerprint density at radius 3 is 2.64 bits per heavy atom. The van der Waals surface area contributed by atoms with Gasteiger partial charge >= 0.3 is 0 Å². The van der Waals surface area contributed by atoms with Gasteiger partial charge in [-0.3, -0.25) is 4.68 Å². The molecule has 196 valence electrons. The van der Waals surface area contributed by atoms with Crippen LogP contribution in [0, 0.1) is 11.8 Å². The SMILES string of the molecule is O=S(=O)(CC1CC1)C[C@H]1COC2C1OC[C@H]2Nc1nc(Nc2cnn(C3CCCCC3)c2)ncc1Cl. The molecule has 2 aromatic heterocycles. The first-order valence-corrected chi connectivity index (χ1v) is 15.2. The molecule has 4 fully saturated rings. The van der Waals surface area contributed by atoms with Crippen LogP contribution in [-0.4, -0.2) is 71.1 Å². The molecule has 4 aliphatic rings. The van der Waals surface area contributed by atoms with E-state index >= 15 is 0 Å². The number of fused-ring (bicyclic) bond motifs is 1. The van der Waals surface area contributed by atoms with Gasteiger partial charge in [0, 0.05) is 12.1 Å². The van der Waals surface area contributed by atoms with Gasteiger partial charge in [0.1, 0.15) is 11.1 Å². The zero-order chi connectivity index (χ0) is 24.7. The van der Waals surface area contributed by atoms with E-state index in [9.17, 15) is 8.42 Å². The van der Waals surface area contributed by atoms with Crippen molar-refractivity contribution in [2.24, 2.45) is 11.8 Å². The Labute approximate surface area is 216 Å². The first-order chi connectivity index (χ1) is 17.4. The molecule has 0 radical (unpaired) electrons. The van der Waals surface area contributed by atoms with Gasteiger partial charge < -0.3 is 20.1 Å². The minimum absolute atomic E-state index is 0.119. The Morgan fingerprint density at radius 2 is 1.83 bits per heavy atom. The molecular formula is C24H33ClN6O4S. The van der Waals surface area contributed by atoms with Crippen LogP contribution in [0.5, 0.6) is 0 Å². The van der Waals surface area contributed by atoms with E-state index in [1.807, 2.05) is 10.9 Å². The van der Waals surface area contributed by atoms with Crippen LogP contribution in [0.4, 0.5) is 17.5 Å². The van der Waals surface area contributed by atoms with E-state index in [1.54, 1.807) is 12.4 Å². The lowest BCUT2D eigenvalue weighted by Gasteiger charge is -2.21. The maximum atomic E-state index is 12.5. The molecule has 0 spiro atoms. The maximum Gasteiger partial charge on any atom is 0.229 e. The van der Waals surface area contributed by atoms with Crippen LogP contribution in [-0.2, 0) is 19.3 Å². The third kappa shape index (κ3) is 5.49. The summed E-state index contributed by atoms with van der Waals surface area (Å²) >= 11 is 6.40. The van der Waals surface area contributed by atoms with Crippen molar-refractivity contribution in [2.45, 2.75) is 69.2 Å². The molecule has 2 N–H and O–H groups in total. The Balaban J connectivity index is 1.08. The second-order valence-corrected chi connectivity index (χ2v) is 13.2. The maximum absolute atomic E-state index is 12.5. The summed E-state index contributed by atoms with van der Waals surface area (Å²) in [6, 6.07) is 0.271. The van der Waals surface area contributed by atoms with E-state index in [0.717, 1.165) is 31.4 Å². The largest absolute Gasteiger partial charge is 0.373 e. The van der Waals surface area contributed by atoms with Gasteiger partial charge in [-0.05, 0) is 31.6 Å². The van der Waals surface area contributed by atoms with E-state index in [0.29, 0.717) is 42.0 Å². The number of aromatic nitrogens is 4. The lowest BCUT2D eigenvalue weighted by atomic mass is 9.96. The molecule has 2 aromatic rings. The van der Waals surface area contributed by atoms with Crippen molar-refractivity contribution < 1.29 is 17.9 Å². The molecule has 2 saturated heterocycles. The van der Waals surface area contributed by atoms with E-state index in [1.165, 1.54) is 19.3 Å². The second-order valence-electron chi connectivity index (χ2n) is 10.6. The number of nitrogens with one attached hydrogen (secondary N) is 2. The average Bonchev–Trinajstić information content (AvgIpc) is 3.23. The number of ether oxygens (including phenoxy) is 2. The predicted octanol–water partition coefficient (Wildman–Crippen LogP) is 3.59. The van der Waals surface area contributed by atoms with E-state index < -0.39 is 9.84 Å². The highest BCUT2D eigenvalue weighted by Gasteiger charge is 2.49. The van der Waals surface area contributed by atoms with Gasteiger partial charge in [0.15, 0.2) is 15.7 Å². The van der Waals surface area contributed by atoms with Gasteiger partial charge in [-0.2, -0.15) is 10.1 Å². The van der Waals surface area contributed by atoms with Crippen molar-refractivity contribution in [1.82, 2.24) is 19.7 Å². The van der Waals surface area contributed by atoms with Crippen LogP contribution >= 0.6 is 11.6 Å². The van der Waals surface area contributed by atoms with Gasteiger partial charge in [-0.15, -0.1) is 0 Å². The van der Waals surface area contributed by atoms with E-state index in [2.05, 4.69) is 25.7 Å². The summed E-state index contributed by atoms with van der Waals surface area (Å²) in [5, 5.41) is 11.5. The number of sulfone groups is 1. The molecule has 0 aromatic carbocycles. The smallest absolute Gasteiger partial charge is 0.229 e. The molecular weight excluding hydrogens is 504 g/mol. The van der Waals surface area contributed by atoms with Crippen LogP contribution in [0.3, 0.4) is 0 Å². The second kappa shape index (κ2) is 10.1. The van der Waals surface area contributed by atoms with Crippen molar-refractivity contribution >= 4 is 38.9 Å². The summed E-state index contributed by atoms with van der Waals surface area (Å²) in [7, 11) is -3.10. The van der Waals surface area contributed by atoms with Crippen molar-refractivity contribution in [1.29, 1.82) is 0 Å². The fourth-order valence-electron chi connectivity index (χ4n) is 5.66. The number of rotatable bonds is 9. The number of anilines is 3. The standard InChI is InChI=1S/C24H33ClN6O4S/c25-19-9-26-24(28-17-8-27-31(10-17)18-4-2-1-3-5-18)30-23(19)29-20-12-35-21-16(11-34-22(20)21)14-36(32,33)13-15-6-7-15/h8-10,15-16,18,20-22H,1-7,11-14H2,(H2,26,28,29,30)/t16-,20-,21?,22?/m1/s1. The summed E-state index contributed by atoms with van der Waals surface area (Å²) < 4.78 is 39.1. The molecule has 0 bridgehead atoms. The Hall–Kier alpha value is -1.95. The quantitative estimate of drug-likeness (QED) is 0.495. The van der Waals surface area contributed by atoms with Crippen LogP contribution in [0.2, 0.25) is 5.02 Å². The molecule has 10 nitrogen and oxygen atoms in total. The van der Waals surface area contributed by atoms with E-state index in [-0.39, 0.29) is 35.7 Å². The van der Waals surface area contributed by atoms with Crippen molar-refractivity contribution in [3.8, 4) is 0 Å². The van der Waals surface area contributed by atoms with Crippen molar-refractivity contribution in [3.05, 3.63) is 23.6 Å². The topological polar surface area (TPSA) is 120 Å². The average molecular weight is 537 g/mol. The Kier molecular flexibility index (Phi) is 6.83. The lowest BCUT2D eigenvalue weighted by Crippen LogP contribution is -2.36. The fourth-order valence-corrected chi connectivity index (χ4v) is 7.94. The molecule has 36 heavy (non-hydrogen) atoms. The minimum Gasteiger partial charge on any atom is -0.373 e. The molecule has 2 aliphatic carbocycles. The van der Waals surface area contributed by atoms with Crippen LogP contribution in [0.15, 0.2) is 18.6 Å². The first-order valence-electron chi connectivity index (χ1n) is 13.0. The highest BCUT2D eigenvalue weighted by molar-refractivity contribution is 7.91. The highest BCUT2D eigenvalue weighted by atomic mass is 35.5. The Bertz CT molecular complexity index is 1180. The summed E-state index contributed by atoms with van der Waals surface area (Å²) in [6.45, 7) is 0.776. The zero-order valence-corrected chi connectivity index (χ0v) is 21.8. The Morgan fingerprint density at radius 1 is 1.03 bits per heavy atom. The van der Waals surface area contributed by atoms with E-state index in [4.69, 9.17) is 21.1 Å². The number of hydrogen-bond donors (Lipinski definition) is 2. The third-order valence-corrected chi connectivity index (χ3v) is 9.88. The van der Waals surface area contributed by atoms with Crippen molar-refractivity contribution in [3.63, 3.8) is 0 Å². The molecule has 12 heteroatoms. The number of hydrogen-bond acceptors (Lipinski definition) is 9. The van der Waals surface area contributed by atoms with Crippen LogP contribution < -0.4 is 10.6 Å². The van der Waals surface area contributed by atoms with Gasteiger partial charge in [0.25, 0.3) is 0 Å². The van der Waals surface area contributed by atoms with Crippen molar-refractivity contribution in [2.75, 3.05) is 35.4 Å². The predicted molar refractivity (Wildman–Crippen MR) is 136 cm³/mol. The minimum atomic E-state index is -3.10. The summed E-state index contributed by atoms with van der Waals surface area (Å²) in [6.07, 6.45) is 13.0. The summed E-state index contributed by atoms with van der Waals surface area (Å²) in [5.74, 6) is 1.50. The number of nitrogens with zero attached hydrogens (tertiary/aromatic N) is 4. The molecule has 6 rings (SSSR count). The molecule has 2 aliphatic heterocycles. The van der Waals surface area contributed by atoms with Gasteiger partial charge in [-0.1, -0.05) is 30.9 Å². The van der Waals surface area contributed by atoms with Gasteiger partial charge in [0.2, 0.25) is 5.95 Å². The normalized spacial score (nSPS) is 28.8. The zero-order valence-electron chi connectivity index (χ0n) is 20.2. The van der Waals surface area contributed by atoms with Crippen LogP contribution in [0.1, 0.15) is 51.0 Å². The molecule has 4 atom stereocenters. The first kappa shape index (κ1) is 24.4. The van der Waals surface area contributed by atoms with Gasteiger partial charge in [0.05, 0.1) is 61.0 Å². The summed E-state index contributed by atoms with van der Waals surface area (Å²) in [4.78, 5) is 8.89. The van der Waals surface area contributed by atoms with Crippen LogP contribution in [0.25, 0.3) is 0 Å². The molecule has 2 saturated carbocycles. The van der Waals surface area contributed by atoms with Gasteiger partial charge in [-0.25, -0.2) is 13.4 Å². The lowest BCUT2D eigenvalue weighted by molar-refractivity contribution is 0.0656. The fraction of sp³-hybridized carbons (Fsp3) is 0.708. The molecule has 4 heterocycles. The highest BCUT2D eigenvalue weighted by Crippen LogP contribution is 2.36. The molecule has 0 amide bonds.